The molecular formula is C14H17ClN2O2. The minimum Gasteiger partial charge on any atom is -0.390 e. The van der Waals surface area contributed by atoms with Crippen molar-refractivity contribution in [3.63, 3.8) is 0 Å². The largest absolute Gasteiger partial charge is 0.390 e. The Balaban J connectivity index is 2.35. The molecule has 2 rings (SSSR count). The van der Waals surface area contributed by atoms with Crippen molar-refractivity contribution in [2.75, 3.05) is 0 Å². The van der Waals surface area contributed by atoms with Crippen molar-refractivity contribution in [2.45, 2.75) is 44.7 Å². The number of hydrogen-bond donors (Lipinski definition) is 1. The first-order valence-corrected chi connectivity index (χ1v) is 6.71. The molecule has 0 aromatic heterocycles. The molecular weight excluding hydrogens is 264 g/mol. The molecule has 0 saturated carbocycles. The van der Waals surface area contributed by atoms with E-state index in [0.29, 0.717) is 12.0 Å². The number of carbonyl (C=O) groups is 1. The Hall–Kier alpha value is -1.31. The fraction of sp³-hybridized carbons (Fsp3) is 0.571. The van der Waals surface area contributed by atoms with Crippen LogP contribution < -0.4 is 0 Å². The van der Waals surface area contributed by atoms with Crippen molar-refractivity contribution in [3.05, 3.63) is 23.4 Å². The highest BCUT2D eigenvalue weighted by molar-refractivity contribution is 6.23. The van der Waals surface area contributed by atoms with Gasteiger partial charge in [0.15, 0.2) is 0 Å². The molecule has 1 saturated heterocycles. The van der Waals surface area contributed by atoms with Crippen molar-refractivity contribution < 1.29 is 9.90 Å². The van der Waals surface area contributed by atoms with Crippen molar-refractivity contribution >= 4 is 17.5 Å². The first-order valence-electron chi connectivity index (χ1n) is 6.27. The number of allylic oxidation sites excluding steroid dienone is 4. The molecule has 1 amide bonds. The minimum absolute atomic E-state index is 0.101. The molecule has 0 aromatic rings. The van der Waals surface area contributed by atoms with E-state index in [1.165, 1.54) is 0 Å². The van der Waals surface area contributed by atoms with Gasteiger partial charge in [-0.3, -0.25) is 4.79 Å². The summed E-state index contributed by atoms with van der Waals surface area (Å²) in [5.74, 6) is -0.101. The van der Waals surface area contributed by atoms with E-state index < -0.39 is 16.9 Å². The predicted octanol–water partition coefficient (Wildman–Crippen LogP) is 1.95. The average molecular weight is 281 g/mol. The van der Waals surface area contributed by atoms with Crippen LogP contribution in [0.1, 0.15) is 27.2 Å². The van der Waals surface area contributed by atoms with Crippen molar-refractivity contribution in [2.24, 2.45) is 5.41 Å². The molecule has 102 valence electrons. The highest BCUT2D eigenvalue weighted by atomic mass is 35.5. The highest BCUT2D eigenvalue weighted by Gasteiger charge is 2.52. The van der Waals surface area contributed by atoms with Crippen LogP contribution in [-0.4, -0.2) is 33.4 Å². The number of rotatable bonds is 1. The first kappa shape index (κ1) is 14.1. The molecule has 0 spiro atoms. The molecule has 1 N–H and O–H groups in total. The smallest absolute Gasteiger partial charge is 0.235 e. The molecule has 0 bridgehead atoms. The molecule has 19 heavy (non-hydrogen) atoms. The van der Waals surface area contributed by atoms with E-state index in [1.807, 2.05) is 13.0 Å². The van der Waals surface area contributed by atoms with E-state index >= 15 is 0 Å². The van der Waals surface area contributed by atoms with Crippen LogP contribution in [0, 0.1) is 16.7 Å². The number of aliphatic hydroxyl groups excluding tert-OH is 1. The van der Waals surface area contributed by atoms with Gasteiger partial charge in [0, 0.05) is 17.7 Å². The molecule has 1 aliphatic heterocycles. The van der Waals surface area contributed by atoms with Crippen LogP contribution in [0.2, 0.25) is 0 Å². The Kier molecular flexibility index (Phi) is 3.46. The van der Waals surface area contributed by atoms with Crippen LogP contribution in [-0.2, 0) is 4.79 Å². The molecule has 0 radical (unpaired) electrons. The number of hydrogen-bond acceptors (Lipinski definition) is 3. The third kappa shape index (κ3) is 2.07. The summed E-state index contributed by atoms with van der Waals surface area (Å²) < 4.78 is 0. The second-order valence-electron chi connectivity index (χ2n) is 5.65. The van der Waals surface area contributed by atoms with Crippen LogP contribution in [0.4, 0.5) is 0 Å². The van der Waals surface area contributed by atoms with Gasteiger partial charge in [0.2, 0.25) is 5.91 Å². The van der Waals surface area contributed by atoms with Crippen molar-refractivity contribution in [1.29, 1.82) is 5.26 Å². The summed E-state index contributed by atoms with van der Waals surface area (Å²) in [5, 5.41) is 18.6. The standard InChI is InChI=1S/C14H17ClN2O2/c1-8-12(18)14(2,3)13(19)17(8)10-5-4-9(7-16)11(15)6-10/h4-5,8,11-12,18H,6H2,1-3H3/t8-,11?,12-/m0/s1. The Morgan fingerprint density at radius 1 is 1.53 bits per heavy atom. The number of aliphatic hydroxyl groups is 1. The fourth-order valence-corrected chi connectivity index (χ4v) is 2.98. The second-order valence-corrected chi connectivity index (χ2v) is 6.17. The zero-order chi connectivity index (χ0) is 14.4. The van der Waals surface area contributed by atoms with Crippen LogP contribution >= 0.6 is 11.6 Å². The maximum atomic E-state index is 12.4. The zero-order valence-electron chi connectivity index (χ0n) is 11.2. The molecule has 5 heteroatoms. The van der Waals surface area contributed by atoms with Gasteiger partial charge in [-0.1, -0.05) is 0 Å². The van der Waals surface area contributed by atoms with Gasteiger partial charge < -0.3 is 10.0 Å². The summed E-state index contributed by atoms with van der Waals surface area (Å²) in [6, 6.07) is 1.76. The summed E-state index contributed by atoms with van der Waals surface area (Å²) in [5.41, 5.74) is 0.479. The van der Waals surface area contributed by atoms with Gasteiger partial charge in [-0.2, -0.15) is 5.26 Å². The minimum atomic E-state index is -0.790. The lowest BCUT2D eigenvalue weighted by Crippen LogP contribution is -2.35. The molecule has 1 heterocycles. The SMILES string of the molecule is C[C@H]1[C@H](O)C(C)(C)C(=O)N1C1=CC=C(C#N)C(Cl)C1. The van der Waals surface area contributed by atoms with Crippen LogP contribution in [0.25, 0.3) is 0 Å². The van der Waals surface area contributed by atoms with E-state index in [0.717, 1.165) is 5.70 Å². The maximum Gasteiger partial charge on any atom is 0.235 e. The topological polar surface area (TPSA) is 64.3 Å². The third-order valence-corrected chi connectivity index (χ3v) is 4.38. The molecule has 3 atom stereocenters. The average Bonchev–Trinajstić information content (AvgIpc) is 2.51. The summed E-state index contributed by atoms with van der Waals surface area (Å²) in [6.07, 6.45) is 3.12. The number of likely N-dealkylation sites (tertiary alicyclic amines) is 1. The number of alkyl halides is 1. The predicted molar refractivity (Wildman–Crippen MR) is 72.1 cm³/mol. The molecule has 4 nitrogen and oxygen atoms in total. The van der Waals surface area contributed by atoms with E-state index in [-0.39, 0.29) is 11.9 Å². The van der Waals surface area contributed by atoms with Gasteiger partial charge in [0.25, 0.3) is 0 Å². The van der Waals surface area contributed by atoms with Crippen LogP contribution in [0.3, 0.4) is 0 Å². The summed E-state index contributed by atoms with van der Waals surface area (Å²) in [7, 11) is 0. The number of nitrogens with zero attached hydrogens (tertiary/aromatic N) is 2. The quantitative estimate of drug-likeness (QED) is 0.747. The van der Waals surface area contributed by atoms with E-state index in [4.69, 9.17) is 16.9 Å². The molecule has 0 aromatic carbocycles. The van der Waals surface area contributed by atoms with Crippen molar-refractivity contribution in [1.82, 2.24) is 4.90 Å². The summed E-state index contributed by atoms with van der Waals surface area (Å²) >= 11 is 6.13. The van der Waals surface area contributed by atoms with Gasteiger partial charge in [-0.15, -0.1) is 11.6 Å². The van der Waals surface area contributed by atoms with E-state index in [1.54, 1.807) is 30.9 Å². The maximum absolute atomic E-state index is 12.4. The molecule has 1 aliphatic carbocycles. The highest BCUT2D eigenvalue weighted by Crippen LogP contribution is 2.40. The fourth-order valence-electron chi connectivity index (χ4n) is 2.70. The Morgan fingerprint density at radius 2 is 2.16 bits per heavy atom. The van der Waals surface area contributed by atoms with Gasteiger partial charge in [-0.05, 0) is 32.9 Å². The summed E-state index contributed by atoms with van der Waals surface area (Å²) in [6.45, 7) is 5.31. The number of amides is 1. The van der Waals surface area contributed by atoms with E-state index in [9.17, 15) is 9.90 Å². The van der Waals surface area contributed by atoms with E-state index in [2.05, 4.69) is 0 Å². The molecule has 1 fully saturated rings. The van der Waals surface area contributed by atoms with Gasteiger partial charge in [0.05, 0.1) is 29.0 Å². The monoisotopic (exact) mass is 280 g/mol. The van der Waals surface area contributed by atoms with Gasteiger partial charge >= 0.3 is 0 Å². The third-order valence-electron chi connectivity index (χ3n) is 3.99. The lowest BCUT2D eigenvalue weighted by atomic mass is 9.87. The van der Waals surface area contributed by atoms with Crippen LogP contribution in [0.5, 0.6) is 0 Å². The zero-order valence-corrected chi connectivity index (χ0v) is 12.0. The summed E-state index contributed by atoms with van der Waals surface area (Å²) in [4.78, 5) is 14.0. The van der Waals surface area contributed by atoms with Crippen molar-refractivity contribution in [3.8, 4) is 6.07 Å². The normalized spacial score (nSPS) is 33.8. The lowest BCUT2D eigenvalue weighted by Gasteiger charge is -2.28. The first-order chi connectivity index (χ1) is 8.80. The number of halogens is 1. The Morgan fingerprint density at radius 3 is 2.58 bits per heavy atom. The van der Waals surface area contributed by atoms with Crippen LogP contribution in [0.15, 0.2) is 23.4 Å². The Labute approximate surface area is 118 Å². The molecule has 2 aliphatic rings. The lowest BCUT2D eigenvalue weighted by molar-refractivity contribution is -0.134. The van der Waals surface area contributed by atoms with Gasteiger partial charge in [0.1, 0.15) is 0 Å². The number of nitriles is 1. The number of carbonyl (C=O) groups excluding carboxylic acids is 1. The van der Waals surface area contributed by atoms with Gasteiger partial charge in [-0.25, -0.2) is 0 Å². The molecule has 1 unspecified atom stereocenters. The second kappa shape index (κ2) is 4.66. The Bertz CT molecular complexity index is 516.